The third kappa shape index (κ3) is 4.47. The largest absolute Gasteiger partial charge is 0.484 e. The maximum Gasteiger partial charge on any atom is 0.308 e. The Balaban J connectivity index is 1.68. The number of carbonyl (C=O) groups excluding carboxylic acids is 2. The van der Waals surface area contributed by atoms with Gasteiger partial charge in [-0.1, -0.05) is 18.2 Å². The average molecular weight is 306 g/mol. The van der Waals surface area contributed by atoms with Crippen LogP contribution in [0.25, 0.3) is 0 Å². The van der Waals surface area contributed by atoms with Crippen LogP contribution in [0.3, 0.4) is 0 Å². The first-order valence-electron chi connectivity index (χ1n) is 7.01. The molecule has 118 valence electrons. The number of hydrogen-bond acceptors (Lipinski definition) is 4. The van der Waals surface area contributed by atoms with Gasteiger partial charge in [0, 0.05) is 13.1 Å². The van der Waals surface area contributed by atoms with E-state index in [0.29, 0.717) is 18.7 Å². The number of carbonyl (C=O) groups is 3. The van der Waals surface area contributed by atoms with E-state index >= 15 is 0 Å². The first-order chi connectivity index (χ1) is 10.6. The van der Waals surface area contributed by atoms with Crippen molar-refractivity contribution in [2.45, 2.75) is 6.42 Å². The predicted octanol–water partition coefficient (Wildman–Crippen LogP) is 0.115. The molecule has 7 nitrogen and oxygen atoms in total. The molecule has 0 aliphatic carbocycles. The predicted molar refractivity (Wildman–Crippen MR) is 77.3 cm³/mol. The molecule has 0 aromatic heterocycles. The Morgan fingerprint density at radius 3 is 2.64 bits per heavy atom. The zero-order valence-electron chi connectivity index (χ0n) is 12.0. The molecular weight excluding hydrogens is 288 g/mol. The van der Waals surface area contributed by atoms with Crippen LogP contribution >= 0.6 is 0 Å². The minimum atomic E-state index is -0.893. The van der Waals surface area contributed by atoms with Crippen molar-refractivity contribution in [3.8, 4) is 5.75 Å². The molecule has 1 fully saturated rings. The van der Waals surface area contributed by atoms with E-state index in [0.717, 1.165) is 0 Å². The SMILES string of the molecule is O=C(COc1ccccc1)NCC(=O)N1CCC(C(=O)O)C1. The van der Waals surface area contributed by atoms with Crippen LogP contribution in [0.15, 0.2) is 30.3 Å². The number of ether oxygens (including phenoxy) is 1. The molecule has 2 amide bonds. The minimum absolute atomic E-state index is 0.149. The molecule has 2 rings (SSSR count). The highest BCUT2D eigenvalue weighted by Gasteiger charge is 2.30. The zero-order valence-corrected chi connectivity index (χ0v) is 12.0. The van der Waals surface area contributed by atoms with Gasteiger partial charge in [-0.15, -0.1) is 0 Å². The first kappa shape index (κ1) is 15.8. The number of hydrogen-bond donors (Lipinski definition) is 2. The number of likely N-dealkylation sites (tertiary alicyclic amines) is 1. The fourth-order valence-electron chi connectivity index (χ4n) is 2.19. The topological polar surface area (TPSA) is 95.9 Å². The Labute approximate surface area is 127 Å². The van der Waals surface area contributed by atoms with Gasteiger partial charge in [0.15, 0.2) is 6.61 Å². The van der Waals surface area contributed by atoms with E-state index in [1.807, 2.05) is 6.07 Å². The van der Waals surface area contributed by atoms with Crippen LogP contribution in [-0.4, -0.2) is 54.0 Å². The van der Waals surface area contributed by atoms with Crippen LogP contribution in [0.2, 0.25) is 0 Å². The maximum atomic E-state index is 11.9. The molecule has 0 spiro atoms. The van der Waals surface area contributed by atoms with Crippen molar-refractivity contribution in [2.24, 2.45) is 5.92 Å². The van der Waals surface area contributed by atoms with Gasteiger partial charge in [0.2, 0.25) is 5.91 Å². The van der Waals surface area contributed by atoms with Crippen LogP contribution in [0, 0.1) is 5.92 Å². The third-order valence-electron chi connectivity index (χ3n) is 3.44. The van der Waals surface area contributed by atoms with E-state index in [1.54, 1.807) is 24.3 Å². The number of aliphatic carboxylic acids is 1. The second-order valence-corrected chi connectivity index (χ2v) is 5.04. The lowest BCUT2D eigenvalue weighted by Gasteiger charge is -2.16. The van der Waals surface area contributed by atoms with E-state index in [1.165, 1.54) is 4.90 Å². The molecule has 0 radical (unpaired) electrons. The fraction of sp³-hybridized carbons (Fsp3) is 0.400. The van der Waals surface area contributed by atoms with Gasteiger partial charge in [-0.3, -0.25) is 14.4 Å². The molecule has 1 aliphatic rings. The van der Waals surface area contributed by atoms with Crippen molar-refractivity contribution in [1.29, 1.82) is 0 Å². The van der Waals surface area contributed by atoms with E-state index in [9.17, 15) is 14.4 Å². The summed E-state index contributed by atoms with van der Waals surface area (Å²) >= 11 is 0. The monoisotopic (exact) mass is 306 g/mol. The molecule has 1 aromatic rings. The summed E-state index contributed by atoms with van der Waals surface area (Å²) < 4.78 is 5.26. The summed E-state index contributed by atoms with van der Waals surface area (Å²) in [7, 11) is 0. The standard InChI is InChI=1S/C15H18N2O5/c18-13(10-22-12-4-2-1-3-5-12)16-8-14(19)17-7-6-11(9-17)15(20)21/h1-5,11H,6-10H2,(H,16,18)(H,20,21). The summed E-state index contributed by atoms with van der Waals surface area (Å²) in [6.07, 6.45) is 0.451. The van der Waals surface area contributed by atoms with Crippen LogP contribution in [0.1, 0.15) is 6.42 Å². The summed E-state index contributed by atoms with van der Waals surface area (Å²) in [6.45, 7) is 0.287. The number of rotatable bonds is 6. The number of nitrogens with one attached hydrogen (secondary N) is 1. The second-order valence-electron chi connectivity index (χ2n) is 5.04. The summed E-state index contributed by atoms with van der Waals surface area (Å²) in [4.78, 5) is 35.8. The summed E-state index contributed by atoms with van der Waals surface area (Å²) in [6, 6.07) is 8.89. The Hall–Kier alpha value is -2.57. The van der Waals surface area contributed by atoms with Crippen LogP contribution in [0.4, 0.5) is 0 Å². The summed E-state index contributed by atoms with van der Waals surface area (Å²) in [5.74, 6) is -1.51. The Morgan fingerprint density at radius 1 is 1.27 bits per heavy atom. The van der Waals surface area contributed by atoms with Crippen molar-refractivity contribution < 1.29 is 24.2 Å². The number of carboxylic acid groups (broad SMARTS) is 1. The lowest BCUT2D eigenvalue weighted by molar-refractivity contribution is -0.141. The molecule has 1 atom stereocenters. The van der Waals surface area contributed by atoms with Crippen molar-refractivity contribution >= 4 is 17.8 Å². The van der Waals surface area contributed by atoms with Gasteiger partial charge in [0.05, 0.1) is 12.5 Å². The molecular formula is C15H18N2O5. The second kappa shape index (κ2) is 7.44. The number of nitrogens with zero attached hydrogens (tertiary/aromatic N) is 1. The third-order valence-corrected chi connectivity index (χ3v) is 3.44. The fourth-order valence-corrected chi connectivity index (χ4v) is 2.19. The summed E-state index contributed by atoms with van der Waals surface area (Å²) in [5, 5.41) is 11.4. The Bertz CT molecular complexity index is 546. The van der Waals surface area contributed by atoms with Crippen molar-refractivity contribution in [1.82, 2.24) is 10.2 Å². The molecule has 7 heteroatoms. The van der Waals surface area contributed by atoms with Gasteiger partial charge >= 0.3 is 5.97 Å². The Morgan fingerprint density at radius 2 is 2.00 bits per heavy atom. The van der Waals surface area contributed by atoms with E-state index in [2.05, 4.69) is 5.32 Å². The van der Waals surface area contributed by atoms with Gasteiger partial charge in [-0.2, -0.15) is 0 Å². The van der Waals surface area contributed by atoms with E-state index < -0.39 is 17.8 Å². The zero-order chi connectivity index (χ0) is 15.9. The van der Waals surface area contributed by atoms with E-state index in [4.69, 9.17) is 9.84 Å². The molecule has 1 heterocycles. The molecule has 1 aliphatic heterocycles. The number of carboxylic acids is 1. The van der Waals surface area contributed by atoms with Crippen molar-refractivity contribution in [3.63, 3.8) is 0 Å². The normalized spacial score (nSPS) is 17.1. The van der Waals surface area contributed by atoms with Crippen LogP contribution in [-0.2, 0) is 14.4 Å². The lowest BCUT2D eigenvalue weighted by Crippen LogP contribution is -2.40. The lowest BCUT2D eigenvalue weighted by atomic mass is 10.1. The van der Waals surface area contributed by atoms with Crippen molar-refractivity contribution in [3.05, 3.63) is 30.3 Å². The van der Waals surface area contributed by atoms with Gasteiger partial charge in [-0.05, 0) is 18.6 Å². The Kier molecular flexibility index (Phi) is 5.35. The van der Waals surface area contributed by atoms with Gasteiger partial charge in [0.25, 0.3) is 5.91 Å². The average Bonchev–Trinajstić information content (AvgIpc) is 3.02. The highest BCUT2D eigenvalue weighted by atomic mass is 16.5. The van der Waals surface area contributed by atoms with Gasteiger partial charge < -0.3 is 20.1 Å². The van der Waals surface area contributed by atoms with E-state index in [-0.39, 0.29) is 25.6 Å². The number of benzene rings is 1. The number of para-hydroxylation sites is 1. The summed E-state index contributed by atoms with van der Waals surface area (Å²) in [5.41, 5.74) is 0. The molecule has 2 N–H and O–H groups in total. The first-order valence-corrected chi connectivity index (χ1v) is 7.01. The highest BCUT2D eigenvalue weighted by molar-refractivity contribution is 5.86. The molecule has 22 heavy (non-hydrogen) atoms. The quantitative estimate of drug-likeness (QED) is 0.778. The van der Waals surface area contributed by atoms with Crippen LogP contribution in [0.5, 0.6) is 5.75 Å². The highest BCUT2D eigenvalue weighted by Crippen LogP contribution is 2.16. The molecule has 1 saturated heterocycles. The molecule has 1 unspecified atom stereocenters. The molecule has 0 saturated carbocycles. The van der Waals surface area contributed by atoms with Crippen molar-refractivity contribution in [2.75, 3.05) is 26.2 Å². The van der Waals surface area contributed by atoms with Gasteiger partial charge in [0.1, 0.15) is 5.75 Å². The minimum Gasteiger partial charge on any atom is -0.484 e. The molecule has 1 aromatic carbocycles. The van der Waals surface area contributed by atoms with Gasteiger partial charge in [-0.25, -0.2) is 0 Å². The maximum absolute atomic E-state index is 11.9. The molecule has 0 bridgehead atoms. The smallest absolute Gasteiger partial charge is 0.308 e. The number of amides is 2. The van der Waals surface area contributed by atoms with Crippen LogP contribution < -0.4 is 10.1 Å².